The lowest BCUT2D eigenvalue weighted by atomic mass is 10.3. The van der Waals surface area contributed by atoms with Gasteiger partial charge >= 0.3 is 0 Å². The van der Waals surface area contributed by atoms with E-state index in [1.54, 1.807) is 18.9 Å². The Bertz CT molecular complexity index is 967. The lowest BCUT2D eigenvalue weighted by molar-refractivity contribution is 0.0391. The van der Waals surface area contributed by atoms with Crippen LogP contribution in [0.1, 0.15) is 15.4 Å². The number of aryl methyl sites for hydroxylation is 1. The Hall–Kier alpha value is -2.14. The minimum absolute atomic E-state index is 0.105. The molecule has 1 aliphatic rings. The zero-order chi connectivity index (χ0) is 19.5. The first-order chi connectivity index (χ1) is 13.7. The molecule has 148 valence electrons. The summed E-state index contributed by atoms with van der Waals surface area (Å²) in [6.07, 6.45) is 0. The summed E-state index contributed by atoms with van der Waals surface area (Å²) in [5.41, 5.74) is 1.47. The molecule has 1 fully saturated rings. The number of nitrogens with zero attached hydrogens (tertiary/aromatic N) is 5. The largest absolute Gasteiger partial charge is 0.497 e. The van der Waals surface area contributed by atoms with Crippen molar-refractivity contribution in [1.29, 1.82) is 0 Å². The van der Waals surface area contributed by atoms with Crippen LogP contribution in [0.5, 0.6) is 5.75 Å². The smallest absolute Gasteiger partial charge is 0.273 e. The molecule has 10 heteroatoms. The topological polar surface area (TPSA) is 80.7 Å². The molecular formula is C18H21N5O3S2. The fourth-order valence-corrected chi connectivity index (χ4v) is 4.61. The van der Waals surface area contributed by atoms with Crippen molar-refractivity contribution in [2.24, 2.45) is 0 Å². The molecule has 0 atom stereocenters. The number of thiazole rings is 1. The molecule has 0 spiro atoms. The van der Waals surface area contributed by atoms with E-state index in [-0.39, 0.29) is 5.91 Å². The summed E-state index contributed by atoms with van der Waals surface area (Å²) in [7, 11) is 1.63. The van der Waals surface area contributed by atoms with Crippen molar-refractivity contribution < 1.29 is 14.3 Å². The molecule has 1 amide bonds. The Balaban J connectivity index is 1.63. The van der Waals surface area contributed by atoms with Gasteiger partial charge in [-0.05, 0) is 30.6 Å². The molecular weight excluding hydrogens is 398 g/mol. The van der Waals surface area contributed by atoms with E-state index in [0.29, 0.717) is 22.2 Å². The van der Waals surface area contributed by atoms with Crippen molar-refractivity contribution in [2.45, 2.75) is 6.92 Å². The van der Waals surface area contributed by atoms with Gasteiger partial charge in [-0.2, -0.15) is 0 Å². The van der Waals surface area contributed by atoms with Gasteiger partial charge in [0.1, 0.15) is 10.6 Å². The van der Waals surface area contributed by atoms with Gasteiger partial charge < -0.3 is 9.47 Å². The van der Waals surface area contributed by atoms with Crippen LogP contribution in [0.3, 0.4) is 0 Å². The van der Waals surface area contributed by atoms with Gasteiger partial charge in [-0.3, -0.25) is 14.6 Å². The van der Waals surface area contributed by atoms with E-state index >= 15 is 0 Å². The fourth-order valence-electron chi connectivity index (χ4n) is 3.04. The molecule has 4 rings (SSSR count). The highest BCUT2D eigenvalue weighted by Crippen LogP contribution is 2.32. The van der Waals surface area contributed by atoms with Crippen LogP contribution in [0.4, 0.5) is 5.13 Å². The first-order valence-corrected chi connectivity index (χ1v) is 10.6. The molecule has 0 aliphatic carbocycles. The van der Waals surface area contributed by atoms with Gasteiger partial charge in [0.2, 0.25) is 0 Å². The maximum Gasteiger partial charge on any atom is 0.273 e. The third-order valence-electron chi connectivity index (χ3n) is 4.65. The maximum atomic E-state index is 13.3. The average Bonchev–Trinajstić information content (AvgIpc) is 3.34. The highest BCUT2D eigenvalue weighted by molar-refractivity contribution is 7.22. The van der Waals surface area contributed by atoms with E-state index in [4.69, 9.17) is 14.5 Å². The molecule has 0 saturated carbocycles. The number of carbonyl (C=O) groups is 1. The van der Waals surface area contributed by atoms with Crippen LogP contribution in [-0.4, -0.2) is 71.9 Å². The van der Waals surface area contributed by atoms with Crippen molar-refractivity contribution in [3.8, 4) is 5.75 Å². The van der Waals surface area contributed by atoms with Crippen LogP contribution >= 0.6 is 22.9 Å². The minimum Gasteiger partial charge on any atom is -0.497 e. The summed E-state index contributed by atoms with van der Waals surface area (Å²) in [4.78, 5) is 22.6. The molecule has 0 N–H and O–H groups in total. The molecule has 0 radical (unpaired) electrons. The van der Waals surface area contributed by atoms with Gasteiger partial charge in [0.05, 0.1) is 36.2 Å². The number of rotatable bonds is 6. The number of amides is 1. The van der Waals surface area contributed by atoms with E-state index in [2.05, 4.69) is 14.5 Å². The highest BCUT2D eigenvalue weighted by Gasteiger charge is 2.26. The molecule has 1 saturated heterocycles. The number of aromatic nitrogens is 3. The zero-order valence-electron chi connectivity index (χ0n) is 15.8. The maximum absolute atomic E-state index is 13.3. The van der Waals surface area contributed by atoms with Gasteiger partial charge in [0, 0.05) is 32.2 Å². The monoisotopic (exact) mass is 419 g/mol. The Kier molecular flexibility index (Phi) is 5.81. The van der Waals surface area contributed by atoms with Gasteiger partial charge in [-0.1, -0.05) is 15.8 Å². The SMILES string of the molecule is COc1ccc2sc(N(CCN3CCOCC3)C(=O)c3snnc3C)nc2c1. The number of hydrogen-bond donors (Lipinski definition) is 0. The summed E-state index contributed by atoms with van der Waals surface area (Å²) < 4.78 is 15.6. The molecule has 1 aliphatic heterocycles. The first-order valence-electron chi connectivity index (χ1n) is 9.01. The van der Waals surface area contributed by atoms with Crippen molar-refractivity contribution in [2.75, 3.05) is 51.4 Å². The number of ether oxygens (including phenoxy) is 2. The summed E-state index contributed by atoms with van der Waals surface area (Å²) in [5, 5.41) is 4.67. The second kappa shape index (κ2) is 8.48. The van der Waals surface area contributed by atoms with Gasteiger partial charge in [-0.15, -0.1) is 5.10 Å². The van der Waals surface area contributed by atoms with Crippen LogP contribution in [0.25, 0.3) is 10.2 Å². The number of benzene rings is 1. The van der Waals surface area contributed by atoms with E-state index < -0.39 is 0 Å². The molecule has 3 aromatic rings. The molecule has 1 aromatic carbocycles. The predicted molar refractivity (Wildman–Crippen MR) is 110 cm³/mol. The molecule has 0 unspecified atom stereocenters. The van der Waals surface area contributed by atoms with Crippen molar-refractivity contribution in [1.82, 2.24) is 19.5 Å². The quantitative estimate of drug-likeness (QED) is 0.607. The number of fused-ring (bicyclic) bond motifs is 1. The van der Waals surface area contributed by atoms with E-state index in [1.807, 2.05) is 18.2 Å². The van der Waals surface area contributed by atoms with Crippen LogP contribution in [0.15, 0.2) is 18.2 Å². The van der Waals surface area contributed by atoms with Crippen molar-refractivity contribution >= 4 is 44.1 Å². The van der Waals surface area contributed by atoms with Crippen molar-refractivity contribution in [3.63, 3.8) is 0 Å². The molecule has 28 heavy (non-hydrogen) atoms. The number of morpholine rings is 1. The van der Waals surface area contributed by atoms with E-state index in [0.717, 1.165) is 60.3 Å². The predicted octanol–water partition coefficient (Wildman–Crippen LogP) is 2.44. The Morgan fingerprint density at radius 3 is 2.89 bits per heavy atom. The first kappa shape index (κ1) is 19.2. The number of anilines is 1. The molecule has 8 nitrogen and oxygen atoms in total. The Morgan fingerprint density at radius 1 is 1.36 bits per heavy atom. The lowest BCUT2D eigenvalue weighted by Crippen LogP contribution is -2.43. The summed E-state index contributed by atoms with van der Waals surface area (Å²) in [5.74, 6) is 0.643. The second-order valence-electron chi connectivity index (χ2n) is 6.43. The molecule has 0 bridgehead atoms. The minimum atomic E-state index is -0.105. The number of carbonyl (C=O) groups excluding carboxylic acids is 1. The molecule has 2 aromatic heterocycles. The van der Waals surface area contributed by atoms with Gasteiger partial charge in [-0.25, -0.2) is 4.98 Å². The van der Waals surface area contributed by atoms with Crippen LogP contribution in [0, 0.1) is 6.92 Å². The second-order valence-corrected chi connectivity index (χ2v) is 8.19. The normalized spacial score (nSPS) is 15.1. The third-order valence-corrected chi connectivity index (χ3v) is 6.52. The standard InChI is InChI=1S/C18H21N5O3S2/c1-12-16(28-21-20-12)17(24)23(6-5-22-7-9-26-10-8-22)18-19-14-11-13(25-2)3-4-15(14)27-18/h3-4,11H,5-10H2,1-2H3. The Morgan fingerprint density at radius 2 is 2.18 bits per heavy atom. The van der Waals surface area contributed by atoms with Gasteiger partial charge in [0.25, 0.3) is 5.91 Å². The number of methoxy groups -OCH3 is 1. The fraction of sp³-hybridized carbons (Fsp3) is 0.444. The number of hydrogen-bond acceptors (Lipinski definition) is 9. The third kappa shape index (κ3) is 4.00. The summed E-state index contributed by atoms with van der Waals surface area (Å²) in [6.45, 7) is 6.33. The van der Waals surface area contributed by atoms with E-state index in [1.165, 1.54) is 11.3 Å². The van der Waals surface area contributed by atoms with Crippen LogP contribution < -0.4 is 9.64 Å². The lowest BCUT2D eigenvalue weighted by Gasteiger charge is -2.29. The van der Waals surface area contributed by atoms with Gasteiger partial charge in [0.15, 0.2) is 5.13 Å². The molecule has 3 heterocycles. The zero-order valence-corrected chi connectivity index (χ0v) is 17.4. The highest BCUT2D eigenvalue weighted by atomic mass is 32.1. The van der Waals surface area contributed by atoms with Crippen molar-refractivity contribution in [3.05, 3.63) is 28.8 Å². The summed E-state index contributed by atoms with van der Waals surface area (Å²) >= 11 is 2.63. The summed E-state index contributed by atoms with van der Waals surface area (Å²) in [6, 6.07) is 5.76. The Labute approximate surface area is 170 Å². The van der Waals surface area contributed by atoms with E-state index in [9.17, 15) is 4.79 Å². The van der Waals surface area contributed by atoms with Crippen LogP contribution in [-0.2, 0) is 4.74 Å². The van der Waals surface area contributed by atoms with Crippen LogP contribution in [0.2, 0.25) is 0 Å². The average molecular weight is 420 g/mol.